The van der Waals surface area contributed by atoms with E-state index in [0.717, 1.165) is 17.3 Å². The van der Waals surface area contributed by atoms with Crippen LogP contribution in [0.5, 0.6) is 11.5 Å². The number of rotatable bonds is 7. The van der Waals surface area contributed by atoms with Crippen LogP contribution in [-0.2, 0) is 12.8 Å². The summed E-state index contributed by atoms with van der Waals surface area (Å²) in [5, 5.41) is 0. The Morgan fingerprint density at radius 2 is 1.67 bits per heavy atom. The molecule has 4 heteroatoms. The number of benzene rings is 3. The fourth-order valence-electron chi connectivity index (χ4n) is 2.67. The molecule has 0 heterocycles. The number of esters is 1. The van der Waals surface area contributed by atoms with Gasteiger partial charge in [0.15, 0.2) is 0 Å². The van der Waals surface area contributed by atoms with Crippen LogP contribution >= 0.6 is 15.9 Å². The zero-order valence-electron chi connectivity index (χ0n) is 15.2. The van der Waals surface area contributed by atoms with Crippen LogP contribution in [0.25, 0.3) is 0 Å². The molecule has 0 unspecified atom stereocenters. The summed E-state index contributed by atoms with van der Waals surface area (Å²) in [6, 6.07) is 23.0. The van der Waals surface area contributed by atoms with Gasteiger partial charge in [-0.1, -0.05) is 65.3 Å². The van der Waals surface area contributed by atoms with Crippen LogP contribution in [0.15, 0.2) is 77.3 Å². The monoisotopic (exact) mass is 424 g/mol. The molecule has 3 aromatic carbocycles. The average molecular weight is 425 g/mol. The zero-order chi connectivity index (χ0) is 19.1. The molecular weight excluding hydrogens is 404 g/mol. The van der Waals surface area contributed by atoms with E-state index in [2.05, 4.69) is 35.0 Å². The highest BCUT2D eigenvalue weighted by atomic mass is 79.9. The third-order valence-electron chi connectivity index (χ3n) is 4.19. The third-order valence-corrected chi connectivity index (χ3v) is 4.69. The lowest BCUT2D eigenvalue weighted by atomic mass is 10.1. The highest BCUT2D eigenvalue weighted by Gasteiger charge is 2.16. The standard InChI is InChI=1S/C23H21BrO3/c1-2-17-8-11-20(12-9-17)27-23(25)21-16-19(24)10-13-22(21)26-15-14-18-6-4-3-5-7-18/h3-13,16H,2,14-15H2,1H3. The lowest BCUT2D eigenvalue weighted by Crippen LogP contribution is -2.12. The Bertz CT molecular complexity index is 889. The number of hydrogen-bond donors (Lipinski definition) is 0. The Morgan fingerprint density at radius 1 is 0.926 bits per heavy atom. The molecular formula is C23H21BrO3. The molecule has 0 fully saturated rings. The molecule has 3 aromatic rings. The number of hydrogen-bond acceptors (Lipinski definition) is 3. The molecule has 0 aliphatic rings. The second-order valence-corrected chi connectivity index (χ2v) is 7.03. The molecule has 27 heavy (non-hydrogen) atoms. The SMILES string of the molecule is CCc1ccc(OC(=O)c2cc(Br)ccc2OCCc2ccccc2)cc1. The first kappa shape index (κ1) is 19.2. The predicted molar refractivity (Wildman–Crippen MR) is 111 cm³/mol. The van der Waals surface area contributed by atoms with Crippen LogP contribution in [0.3, 0.4) is 0 Å². The fraction of sp³-hybridized carbons (Fsp3) is 0.174. The first-order valence-electron chi connectivity index (χ1n) is 8.93. The third kappa shape index (κ3) is 5.44. The van der Waals surface area contributed by atoms with Gasteiger partial charge in [-0.05, 0) is 47.9 Å². The van der Waals surface area contributed by atoms with Gasteiger partial charge in [-0.25, -0.2) is 4.79 Å². The van der Waals surface area contributed by atoms with Crippen LogP contribution in [0.1, 0.15) is 28.4 Å². The van der Waals surface area contributed by atoms with Gasteiger partial charge in [-0.15, -0.1) is 0 Å². The lowest BCUT2D eigenvalue weighted by Gasteiger charge is -2.12. The maximum atomic E-state index is 12.7. The molecule has 0 spiro atoms. The van der Waals surface area contributed by atoms with E-state index >= 15 is 0 Å². The summed E-state index contributed by atoms with van der Waals surface area (Å²) in [6.07, 6.45) is 1.71. The highest BCUT2D eigenvalue weighted by Crippen LogP contribution is 2.25. The first-order valence-corrected chi connectivity index (χ1v) is 9.72. The molecule has 0 radical (unpaired) electrons. The van der Waals surface area contributed by atoms with Crippen molar-refractivity contribution in [2.24, 2.45) is 0 Å². The van der Waals surface area contributed by atoms with E-state index in [9.17, 15) is 4.79 Å². The fourth-order valence-corrected chi connectivity index (χ4v) is 3.03. The van der Waals surface area contributed by atoms with Gasteiger partial charge in [-0.2, -0.15) is 0 Å². The van der Waals surface area contributed by atoms with E-state index in [4.69, 9.17) is 9.47 Å². The van der Waals surface area contributed by atoms with Gasteiger partial charge in [0, 0.05) is 10.9 Å². The van der Waals surface area contributed by atoms with Gasteiger partial charge in [0.2, 0.25) is 0 Å². The van der Waals surface area contributed by atoms with E-state index in [-0.39, 0.29) is 0 Å². The Balaban J connectivity index is 1.69. The van der Waals surface area contributed by atoms with Crippen molar-refractivity contribution in [2.45, 2.75) is 19.8 Å². The molecule has 0 N–H and O–H groups in total. The van der Waals surface area contributed by atoms with E-state index in [1.165, 1.54) is 11.1 Å². The molecule has 138 valence electrons. The lowest BCUT2D eigenvalue weighted by molar-refractivity contribution is 0.0730. The van der Waals surface area contributed by atoms with Crippen LogP contribution < -0.4 is 9.47 Å². The molecule has 0 amide bonds. The number of halogens is 1. The van der Waals surface area contributed by atoms with Crippen molar-refractivity contribution in [3.63, 3.8) is 0 Å². The van der Waals surface area contributed by atoms with Crippen LogP contribution in [-0.4, -0.2) is 12.6 Å². The number of aryl methyl sites for hydroxylation is 1. The van der Waals surface area contributed by atoms with E-state index < -0.39 is 5.97 Å². The molecule has 0 saturated heterocycles. The number of carbonyl (C=O) groups is 1. The van der Waals surface area contributed by atoms with Crippen molar-refractivity contribution in [1.29, 1.82) is 0 Å². The Morgan fingerprint density at radius 3 is 2.37 bits per heavy atom. The molecule has 0 aromatic heterocycles. The summed E-state index contributed by atoms with van der Waals surface area (Å²) in [5.74, 6) is 0.604. The molecule has 3 rings (SSSR count). The summed E-state index contributed by atoms with van der Waals surface area (Å²) in [5.41, 5.74) is 2.79. The van der Waals surface area contributed by atoms with E-state index in [1.807, 2.05) is 48.5 Å². The topological polar surface area (TPSA) is 35.5 Å². The smallest absolute Gasteiger partial charge is 0.347 e. The van der Waals surface area contributed by atoms with Crippen LogP contribution in [0.2, 0.25) is 0 Å². The van der Waals surface area contributed by atoms with Gasteiger partial charge in [0.1, 0.15) is 17.1 Å². The molecule has 0 aliphatic heterocycles. The number of carbonyl (C=O) groups excluding carboxylic acids is 1. The van der Waals surface area contributed by atoms with Crippen molar-refractivity contribution in [1.82, 2.24) is 0 Å². The quantitative estimate of drug-likeness (QED) is 0.352. The minimum absolute atomic E-state index is 0.400. The minimum Gasteiger partial charge on any atom is -0.492 e. The summed E-state index contributed by atoms with van der Waals surface area (Å²) in [4.78, 5) is 12.7. The van der Waals surface area contributed by atoms with Gasteiger partial charge >= 0.3 is 5.97 Å². The van der Waals surface area contributed by atoms with Crippen LogP contribution in [0.4, 0.5) is 0 Å². The van der Waals surface area contributed by atoms with Crippen molar-refractivity contribution in [2.75, 3.05) is 6.61 Å². The summed E-state index contributed by atoms with van der Waals surface area (Å²) in [7, 11) is 0. The average Bonchev–Trinajstić information content (AvgIpc) is 2.70. The van der Waals surface area contributed by atoms with Crippen molar-refractivity contribution < 1.29 is 14.3 Å². The predicted octanol–water partition coefficient (Wildman–Crippen LogP) is 5.85. The van der Waals surface area contributed by atoms with Gasteiger partial charge in [0.05, 0.1) is 6.61 Å². The van der Waals surface area contributed by atoms with Gasteiger partial charge < -0.3 is 9.47 Å². The van der Waals surface area contributed by atoms with Crippen molar-refractivity contribution in [3.05, 3.63) is 94.0 Å². The molecule has 3 nitrogen and oxygen atoms in total. The second kappa shape index (κ2) is 9.38. The Labute approximate surface area is 168 Å². The van der Waals surface area contributed by atoms with Gasteiger partial charge in [-0.3, -0.25) is 0 Å². The Kier molecular flexibility index (Phi) is 6.66. The first-order chi connectivity index (χ1) is 13.2. The maximum Gasteiger partial charge on any atom is 0.347 e. The summed E-state index contributed by atoms with van der Waals surface area (Å²) >= 11 is 3.41. The highest BCUT2D eigenvalue weighted by molar-refractivity contribution is 9.10. The van der Waals surface area contributed by atoms with E-state index in [0.29, 0.717) is 23.7 Å². The molecule has 0 bridgehead atoms. The summed E-state index contributed by atoms with van der Waals surface area (Å²) < 4.78 is 12.2. The normalized spacial score (nSPS) is 10.4. The van der Waals surface area contributed by atoms with Crippen molar-refractivity contribution in [3.8, 4) is 11.5 Å². The summed E-state index contributed by atoms with van der Waals surface area (Å²) in [6.45, 7) is 2.57. The maximum absolute atomic E-state index is 12.7. The largest absolute Gasteiger partial charge is 0.492 e. The zero-order valence-corrected chi connectivity index (χ0v) is 16.7. The van der Waals surface area contributed by atoms with E-state index in [1.54, 1.807) is 12.1 Å². The Hall–Kier alpha value is -2.59. The molecule has 0 saturated carbocycles. The molecule has 0 atom stereocenters. The van der Waals surface area contributed by atoms with Crippen LogP contribution in [0, 0.1) is 0 Å². The molecule has 0 aliphatic carbocycles. The van der Waals surface area contributed by atoms with Crippen molar-refractivity contribution >= 4 is 21.9 Å². The second-order valence-electron chi connectivity index (χ2n) is 6.11. The number of ether oxygens (including phenoxy) is 2. The van der Waals surface area contributed by atoms with Gasteiger partial charge in [0.25, 0.3) is 0 Å². The minimum atomic E-state index is -0.435.